The minimum absolute atomic E-state index is 0.0612. The van der Waals surface area contributed by atoms with Gasteiger partial charge in [-0.2, -0.15) is 0 Å². The second kappa shape index (κ2) is 62.6. The molecule has 0 saturated carbocycles. The first-order valence-electron chi connectivity index (χ1n) is 34.8. The van der Waals surface area contributed by atoms with Gasteiger partial charge in [0.15, 0.2) is 6.10 Å². The molecule has 1 unspecified atom stereocenters. The maximum atomic E-state index is 12.9. The van der Waals surface area contributed by atoms with Crippen LogP contribution in [-0.4, -0.2) is 37.2 Å². The highest BCUT2D eigenvalue weighted by Gasteiger charge is 2.20. The smallest absolute Gasteiger partial charge is 0.306 e. The Hall–Kier alpha value is -1.59. The summed E-state index contributed by atoms with van der Waals surface area (Å²) < 4.78 is 17.0. The minimum Gasteiger partial charge on any atom is -0.462 e. The van der Waals surface area contributed by atoms with Gasteiger partial charge in [-0.3, -0.25) is 14.4 Å². The van der Waals surface area contributed by atoms with E-state index < -0.39 is 6.10 Å². The highest BCUT2D eigenvalue weighted by molar-refractivity contribution is 5.71. The fraction of sp³-hybridized carbons (Fsp3) is 0.957. The molecule has 2 atom stereocenters. The Morgan fingerprint density at radius 3 is 0.750 bits per heavy atom. The van der Waals surface area contributed by atoms with E-state index in [4.69, 9.17) is 14.2 Å². The van der Waals surface area contributed by atoms with Crippen molar-refractivity contribution < 1.29 is 28.6 Å². The maximum Gasteiger partial charge on any atom is 0.306 e. The van der Waals surface area contributed by atoms with Gasteiger partial charge in [-0.1, -0.05) is 362 Å². The molecule has 0 saturated heterocycles. The molecule has 0 aromatic carbocycles. The van der Waals surface area contributed by atoms with Gasteiger partial charge in [0.05, 0.1) is 0 Å². The van der Waals surface area contributed by atoms with Crippen LogP contribution in [0.5, 0.6) is 0 Å². The summed E-state index contributed by atoms with van der Waals surface area (Å²) in [5.74, 6) is 0.938. The molecule has 0 aliphatic rings. The highest BCUT2D eigenvalue weighted by atomic mass is 16.6. The summed E-state index contributed by atoms with van der Waals surface area (Å²) in [4.78, 5) is 38.4. The van der Waals surface area contributed by atoms with E-state index in [0.29, 0.717) is 19.3 Å². The summed E-state index contributed by atoms with van der Waals surface area (Å²) in [5, 5.41) is 0. The number of hydrogen-bond acceptors (Lipinski definition) is 6. The molecule has 0 spiro atoms. The molecule has 0 aromatic heterocycles. The molecule has 0 amide bonds. The SMILES string of the molecule is CCCCCCCCCCCCCCCCCCCC(=O)O[C@H](COC(=O)CCCCCCCCCCCCCCCCCCCCC(C)CC)COC(=O)CCCCCCCCCCCCCCCCCCC(C)C. The molecule has 76 heavy (non-hydrogen) atoms. The summed E-state index contributed by atoms with van der Waals surface area (Å²) in [6.07, 6.45) is 71.1. The standard InChI is InChI=1S/C70H136O6/c1-6-8-9-10-11-12-13-14-15-18-27-32-37-42-47-52-57-62-70(73)76-67(64-75-69(72)61-56-51-46-41-36-31-26-22-21-23-28-33-38-43-48-53-58-65(3)4)63-74-68(71)60-55-50-45-40-35-30-25-20-17-16-19-24-29-34-39-44-49-54-59-66(5)7-2/h65-67H,6-64H2,1-5H3/t66?,67-/m1/s1. The third kappa shape index (κ3) is 61.6. The Kier molecular flexibility index (Phi) is 61.3. The van der Waals surface area contributed by atoms with Crippen molar-refractivity contribution in [2.45, 2.75) is 407 Å². The van der Waals surface area contributed by atoms with Crippen LogP contribution in [0.15, 0.2) is 0 Å². The third-order valence-corrected chi connectivity index (χ3v) is 16.6. The molecule has 452 valence electrons. The molecule has 0 N–H and O–H groups in total. The van der Waals surface area contributed by atoms with E-state index in [2.05, 4.69) is 34.6 Å². The molecule has 0 rings (SSSR count). The van der Waals surface area contributed by atoms with Crippen molar-refractivity contribution in [1.29, 1.82) is 0 Å². The monoisotopic (exact) mass is 1070 g/mol. The second-order valence-corrected chi connectivity index (χ2v) is 24.9. The van der Waals surface area contributed by atoms with E-state index in [-0.39, 0.29) is 31.1 Å². The van der Waals surface area contributed by atoms with Gasteiger partial charge < -0.3 is 14.2 Å². The van der Waals surface area contributed by atoms with Gasteiger partial charge in [-0.25, -0.2) is 0 Å². The van der Waals surface area contributed by atoms with Gasteiger partial charge in [0, 0.05) is 19.3 Å². The van der Waals surface area contributed by atoms with Crippen molar-refractivity contribution in [1.82, 2.24) is 0 Å². The van der Waals surface area contributed by atoms with Crippen molar-refractivity contribution in [2.75, 3.05) is 13.2 Å². The fourth-order valence-corrected chi connectivity index (χ4v) is 11.0. The molecule has 0 radical (unpaired) electrons. The van der Waals surface area contributed by atoms with Crippen LogP contribution < -0.4 is 0 Å². The molecule has 0 bridgehead atoms. The Labute approximate surface area is 476 Å². The zero-order chi connectivity index (χ0) is 55.3. The van der Waals surface area contributed by atoms with E-state index in [0.717, 1.165) is 69.6 Å². The Bertz CT molecular complexity index is 1170. The van der Waals surface area contributed by atoms with Gasteiger partial charge >= 0.3 is 17.9 Å². The number of unbranched alkanes of at least 4 members (excludes halogenated alkanes) is 48. The zero-order valence-corrected chi connectivity index (χ0v) is 52.4. The lowest BCUT2D eigenvalue weighted by Gasteiger charge is -2.18. The number of hydrogen-bond donors (Lipinski definition) is 0. The van der Waals surface area contributed by atoms with Crippen molar-refractivity contribution in [3.63, 3.8) is 0 Å². The summed E-state index contributed by atoms with van der Waals surface area (Å²) in [6, 6.07) is 0. The largest absolute Gasteiger partial charge is 0.462 e. The Morgan fingerprint density at radius 1 is 0.276 bits per heavy atom. The number of carbonyl (C=O) groups is 3. The van der Waals surface area contributed by atoms with Crippen molar-refractivity contribution >= 4 is 17.9 Å². The molecule has 0 aliphatic carbocycles. The van der Waals surface area contributed by atoms with Crippen LogP contribution in [0.3, 0.4) is 0 Å². The molecule has 0 aromatic rings. The van der Waals surface area contributed by atoms with E-state index in [9.17, 15) is 14.4 Å². The first-order valence-corrected chi connectivity index (χ1v) is 34.8. The lowest BCUT2D eigenvalue weighted by atomic mass is 9.99. The summed E-state index contributed by atoms with van der Waals surface area (Å²) in [5.41, 5.74) is 0. The van der Waals surface area contributed by atoms with Gasteiger partial charge in [0.25, 0.3) is 0 Å². The molecule has 0 aliphatic heterocycles. The van der Waals surface area contributed by atoms with Crippen LogP contribution >= 0.6 is 0 Å². The second-order valence-electron chi connectivity index (χ2n) is 24.9. The quantitative estimate of drug-likeness (QED) is 0.0343. The van der Waals surface area contributed by atoms with Gasteiger partial charge in [0.1, 0.15) is 13.2 Å². The molecule has 6 nitrogen and oxygen atoms in total. The number of rotatable bonds is 64. The third-order valence-electron chi connectivity index (χ3n) is 16.6. The lowest BCUT2D eigenvalue weighted by molar-refractivity contribution is -0.167. The predicted molar refractivity (Wildman–Crippen MR) is 330 cm³/mol. The first-order chi connectivity index (χ1) is 37.3. The molecular formula is C70H136O6. The Balaban J connectivity index is 4.26. The normalized spacial score (nSPS) is 12.4. The van der Waals surface area contributed by atoms with E-state index in [1.807, 2.05) is 0 Å². The first kappa shape index (κ1) is 74.4. The van der Waals surface area contributed by atoms with Gasteiger partial charge in [-0.15, -0.1) is 0 Å². The highest BCUT2D eigenvalue weighted by Crippen LogP contribution is 2.20. The average Bonchev–Trinajstić information content (AvgIpc) is 3.41. The van der Waals surface area contributed by atoms with E-state index >= 15 is 0 Å². The lowest BCUT2D eigenvalue weighted by Crippen LogP contribution is -2.30. The predicted octanol–water partition coefficient (Wildman–Crippen LogP) is 23.6. The van der Waals surface area contributed by atoms with Crippen LogP contribution in [-0.2, 0) is 28.6 Å². The van der Waals surface area contributed by atoms with Crippen LogP contribution in [0.1, 0.15) is 401 Å². The van der Waals surface area contributed by atoms with Gasteiger partial charge in [0.2, 0.25) is 0 Å². The summed E-state index contributed by atoms with van der Waals surface area (Å²) in [6.45, 7) is 11.5. The van der Waals surface area contributed by atoms with Crippen LogP contribution in [0.4, 0.5) is 0 Å². The number of ether oxygens (including phenoxy) is 3. The zero-order valence-electron chi connectivity index (χ0n) is 52.4. The molecule has 0 heterocycles. The van der Waals surface area contributed by atoms with Crippen molar-refractivity contribution in [2.24, 2.45) is 11.8 Å². The van der Waals surface area contributed by atoms with E-state index in [1.165, 1.54) is 289 Å². The van der Waals surface area contributed by atoms with Gasteiger partial charge in [-0.05, 0) is 31.1 Å². The topological polar surface area (TPSA) is 78.9 Å². The maximum absolute atomic E-state index is 12.9. The van der Waals surface area contributed by atoms with Crippen molar-refractivity contribution in [3.8, 4) is 0 Å². The Morgan fingerprint density at radius 2 is 0.500 bits per heavy atom. The molecule has 0 fully saturated rings. The average molecular weight is 1070 g/mol. The minimum atomic E-state index is -0.764. The van der Waals surface area contributed by atoms with Crippen LogP contribution in [0.2, 0.25) is 0 Å². The van der Waals surface area contributed by atoms with E-state index in [1.54, 1.807) is 0 Å². The molecular weight excluding hydrogens is 937 g/mol. The van der Waals surface area contributed by atoms with Crippen LogP contribution in [0.25, 0.3) is 0 Å². The summed E-state index contributed by atoms with van der Waals surface area (Å²) in [7, 11) is 0. The summed E-state index contributed by atoms with van der Waals surface area (Å²) >= 11 is 0. The number of carbonyl (C=O) groups excluding carboxylic acids is 3. The number of esters is 3. The molecule has 6 heteroatoms. The fourth-order valence-electron chi connectivity index (χ4n) is 11.0. The van der Waals surface area contributed by atoms with Crippen LogP contribution in [0, 0.1) is 11.8 Å². The van der Waals surface area contributed by atoms with Crippen molar-refractivity contribution in [3.05, 3.63) is 0 Å².